The molecule has 0 aliphatic carbocycles. The lowest BCUT2D eigenvalue weighted by atomic mass is 10.00. The van der Waals surface area contributed by atoms with Crippen molar-refractivity contribution in [2.75, 3.05) is 34.4 Å². The van der Waals surface area contributed by atoms with Crippen LogP contribution in [-0.4, -0.2) is 45.3 Å². The molecule has 0 fully saturated rings. The van der Waals surface area contributed by atoms with Gasteiger partial charge in [0.25, 0.3) is 0 Å². The summed E-state index contributed by atoms with van der Waals surface area (Å²) < 4.78 is 21.8. The highest BCUT2D eigenvalue weighted by atomic mass is 16.5. The van der Waals surface area contributed by atoms with Gasteiger partial charge in [-0.25, -0.2) is 4.79 Å². The molecule has 162 valence electrons. The molecular formula is C24H31NO5. The van der Waals surface area contributed by atoms with Gasteiger partial charge in [-0.05, 0) is 50.6 Å². The second-order valence-electron chi connectivity index (χ2n) is 7.36. The van der Waals surface area contributed by atoms with Crippen molar-refractivity contribution in [2.24, 2.45) is 0 Å². The van der Waals surface area contributed by atoms with E-state index in [2.05, 4.69) is 17.9 Å². The Labute approximate surface area is 178 Å². The van der Waals surface area contributed by atoms with E-state index in [-0.39, 0.29) is 12.1 Å². The van der Waals surface area contributed by atoms with E-state index in [9.17, 15) is 4.79 Å². The van der Waals surface area contributed by atoms with Crippen molar-refractivity contribution in [3.05, 3.63) is 53.1 Å². The molecule has 0 amide bonds. The van der Waals surface area contributed by atoms with Crippen LogP contribution in [0.2, 0.25) is 0 Å². The molecule has 2 aromatic rings. The third-order valence-electron chi connectivity index (χ3n) is 5.60. The van der Waals surface area contributed by atoms with E-state index in [0.717, 1.165) is 50.2 Å². The lowest BCUT2D eigenvalue weighted by Crippen LogP contribution is -2.24. The van der Waals surface area contributed by atoms with Gasteiger partial charge in [-0.2, -0.15) is 0 Å². The molecule has 30 heavy (non-hydrogen) atoms. The summed E-state index contributed by atoms with van der Waals surface area (Å²) in [5.74, 6) is 1.80. The van der Waals surface area contributed by atoms with Gasteiger partial charge in [0.15, 0.2) is 11.5 Å². The smallest absolute Gasteiger partial charge is 0.339 e. The van der Waals surface area contributed by atoms with Gasteiger partial charge in [-0.15, -0.1) is 0 Å². The predicted octanol–water partition coefficient (Wildman–Crippen LogP) is 4.62. The standard InChI is InChI=1S/C24H31NO5/c1-5-25(16-17-10-6-7-11-20(17)27-2)13-9-8-12-21-18-14-22(28-3)23(29-4)15-19(18)24(26)30-21/h6-7,10-11,14-15,21H,5,8-9,12-13,16H2,1-4H3. The van der Waals surface area contributed by atoms with Crippen molar-refractivity contribution in [1.82, 2.24) is 4.90 Å². The monoisotopic (exact) mass is 413 g/mol. The summed E-state index contributed by atoms with van der Waals surface area (Å²) >= 11 is 0. The Morgan fingerprint density at radius 2 is 1.67 bits per heavy atom. The van der Waals surface area contributed by atoms with Gasteiger partial charge in [0.2, 0.25) is 0 Å². The molecule has 0 bridgehead atoms. The number of hydrogen-bond donors (Lipinski definition) is 0. The fourth-order valence-corrected chi connectivity index (χ4v) is 3.90. The molecule has 1 atom stereocenters. The first-order valence-electron chi connectivity index (χ1n) is 10.4. The molecule has 1 aliphatic rings. The van der Waals surface area contributed by atoms with Gasteiger partial charge < -0.3 is 18.9 Å². The Hall–Kier alpha value is -2.73. The Morgan fingerprint density at radius 1 is 0.967 bits per heavy atom. The zero-order chi connectivity index (χ0) is 21.5. The fraction of sp³-hybridized carbons (Fsp3) is 0.458. The van der Waals surface area contributed by atoms with Crippen molar-refractivity contribution in [3.63, 3.8) is 0 Å². The number of fused-ring (bicyclic) bond motifs is 1. The summed E-state index contributed by atoms with van der Waals surface area (Å²) in [5.41, 5.74) is 2.66. The van der Waals surface area contributed by atoms with E-state index in [1.54, 1.807) is 27.4 Å². The third kappa shape index (κ3) is 4.87. The van der Waals surface area contributed by atoms with Gasteiger partial charge in [0.1, 0.15) is 11.9 Å². The summed E-state index contributed by atoms with van der Waals surface area (Å²) in [6.45, 7) is 4.98. The molecular weight excluding hydrogens is 382 g/mol. The van der Waals surface area contributed by atoms with Gasteiger partial charge in [0, 0.05) is 17.7 Å². The molecule has 1 aliphatic heterocycles. The van der Waals surface area contributed by atoms with Crippen LogP contribution in [0.3, 0.4) is 0 Å². The number of carbonyl (C=O) groups excluding carboxylic acids is 1. The topological polar surface area (TPSA) is 57.2 Å². The largest absolute Gasteiger partial charge is 0.496 e. The minimum Gasteiger partial charge on any atom is -0.496 e. The van der Waals surface area contributed by atoms with Crippen LogP contribution in [0.1, 0.15) is 53.8 Å². The van der Waals surface area contributed by atoms with E-state index in [1.807, 2.05) is 24.3 Å². The maximum Gasteiger partial charge on any atom is 0.339 e. The number of unbranched alkanes of at least 4 members (excludes halogenated alkanes) is 1. The molecule has 0 saturated carbocycles. The molecule has 6 nitrogen and oxygen atoms in total. The van der Waals surface area contributed by atoms with Crippen molar-refractivity contribution in [2.45, 2.75) is 38.8 Å². The normalized spacial score (nSPS) is 15.1. The highest BCUT2D eigenvalue weighted by Gasteiger charge is 2.32. The van der Waals surface area contributed by atoms with Crippen LogP contribution < -0.4 is 14.2 Å². The Balaban J connectivity index is 1.55. The highest BCUT2D eigenvalue weighted by Crippen LogP contribution is 2.40. The Bertz CT molecular complexity index is 867. The summed E-state index contributed by atoms with van der Waals surface area (Å²) in [4.78, 5) is 14.7. The lowest BCUT2D eigenvalue weighted by molar-refractivity contribution is 0.0361. The summed E-state index contributed by atoms with van der Waals surface area (Å²) in [5, 5.41) is 0. The number of carbonyl (C=O) groups is 1. The van der Waals surface area contributed by atoms with Gasteiger partial charge in [-0.1, -0.05) is 25.1 Å². The first-order valence-corrected chi connectivity index (χ1v) is 10.4. The van der Waals surface area contributed by atoms with E-state index < -0.39 is 0 Å². The Kier molecular flexibility index (Phi) is 7.57. The molecule has 1 heterocycles. The molecule has 2 aromatic carbocycles. The zero-order valence-corrected chi connectivity index (χ0v) is 18.3. The summed E-state index contributed by atoms with van der Waals surface area (Å²) in [6.07, 6.45) is 2.56. The number of nitrogens with zero attached hydrogens (tertiary/aromatic N) is 1. The predicted molar refractivity (Wildman–Crippen MR) is 115 cm³/mol. The molecule has 6 heteroatoms. The quantitative estimate of drug-likeness (QED) is 0.396. The van der Waals surface area contributed by atoms with E-state index in [4.69, 9.17) is 18.9 Å². The third-order valence-corrected chi connectivity index (χ3v) is 5.60. The molecule has 1 unspecified atom stereocenters. The average Bonchev–Trinajstić information content (AvgIpc) is 3.09. The van der Waals surface area contributed by atoms with Crippen LogP contribution in [0.4, 0.5) is 0 Å². The lowest BCUT2D eigenvalue weighted by Gasteiger charge is -2.22. The van der Waals surface area contributed by atoms with Crippen molar-refractivity contribution in [3.8, 4) is 17.2 Å². The van der Waals surface area contributed by atoms with Crippen molar-refractivity contribution in [1.29, 1.82) is 0 Å². The number of rotatable bonds is 11. The van der Waals surface area contributed by atoms with Crippen LogP contribution >= 0.6 is 0 Å². The number of cyclic esters (lactones) is 1. The molecule has 0 saturated heterocycles. The van der Waals surface area contributed by atoms with Crippen LogP contribution in [-0.2, 0) is 11.3 Å². The second-order valence-corrected chi connectivity index (χ2v) is 7.36. The van der Waals surface area contributed by atoms with E-state index in [0.29, 0.717) is 17.1 Å². The minimum absolute atomic E-state index is 0.225. The molecule has 0 aromatic heterocycles. The maximum absolute atomic E-state index is 12.3. The first-order chi connectivity index (χ1) is 14.6. The average molecular weight is 414 g/mol. The number of esters is 1. The molecule has 0 spiro atoms. The summed E-state index contributed by atoms with van der Waals surface area (Å²) in [6, 6.07) is 11.7. The van der Waals surface area contributed by atoms with Gasteiger partial charge in [-0.3, -0.25) is 4.90 Å². The van der Waals surface area contributed by atoms with Crippen LogP contribution in [0.5, 0.6) is 17.2 Å². The number of benzene rings is 2. The summed E-state index contributed by atoms with van der Waals surface area (Å²) in [7, 11) is 4.87. The van der Waals surface area contributed by atoms with Gasteiger partial charge in [0.05, 0.1) is 26.9 Å². The van der Waals surface area contributed by atoms with Crippen LogP contribution in [0.15, 0.2) is 36.4 Å². The van der Waals surface area contributed by atoms with Crippen molar-refractivity contribution < 1.29 is 23.7 Å². The second kappa shape index (κ2) is 10.3. The number of methoxy groups -OCH3 is 3. The van der Waals surface area contributed by atoms with Crippen LogP contribution in [0, 0.1) is 0 Å². The zero-order valence-electron chi connectivity index (χ0n) is 18.3. The molecule has 0 radical (unpaired) electrons. The minimum atomic E-state index is -0.290. The number of hydrogen-bond acceptors (Lipinski definition) is 6. The maximum atomic E-state index is 12.3. The van der Waals surface area contributed by atoms with E-state index >= 15 is 0 Å². The highest BCUT2D eigenvalue weighted by molar-refractivity contribution is 5.95. The fourth-order valence-electron chi connectivity index (χ4n) is 3.90. The SMILES string of the molecule is CCN(CCCCC1OC(=O)c2cc(OC)c(OC)cc21)Cc1ccccc1OC. The number of ether oxygens (including phenoxy) is 4. The Morgan fingerprint density at radius 3 is 2.37 bits per heavy atom. The molecule has 0 N–H and O–H groups in total. The molecule has 3 rings (SSSR count). The first kappa shape index (κ1) is 22.0. The van der Waals surface area contributed by atoms with Crippen LogP contribution in [0.25, 0.3) is 0 Å². The number of para-hydroxylation sites is 1. The van der Waals surface area contributed by atoms with Crippen molar-refractivity contribution >= 4 is 5.97 Å². The van der Waals surface area contributed by atoms with Gasteiger partial charge >= 0.3 is 5.97 Å². The van der Waals surface area contributed by atoms with E-state index in [1.165, 1.54) is 5.56 Å².